The molecule has 148 valence electrons. The summed E-state index contributed by atoms with van der Waals surface area (Å²) in [4.78, 5) is 39.6. The number of hydrogen-bond donors (Lipinski definition) is 1. The fraction of sp³-hybridized carbons (Fsp3) is 0.300. The fourth-order valence-electron chi connectivity index (χ4n) is 3.77. The Balaban J connectivity index is 1.86. The summed E-state index contributed by atoms with van der Waals surface area (Å²) in [6.45, 7) is 0.373. The molecular formula is C20H18N4O4S. The van der Waals surface area contributed by atoms with Crippen molar-refractivity contribution in [3.05, 3.63) is 57.2 Å². The minimum absolute atomic E-state index is 0.158. The van der Waals surface area contributed by atoms with Crippen molar-refractivity contribution in [2.24, 2.45) is 0 Å². The van der Waals surface area contributed by atoms with Gasteiger partial charge < -0.3 is 10.0 Å². The van der Waals surface area contributed by atoms with E-state index in [0.29, 0.717) is 23.1 Å². The maximum absolute atomic E-state index is 13.2. The van der Waals surface area contributed by atoms with E-state index in [2.05, 4.69) is 0 Å². The average molecular weight is 410 g/mol. The molecule has 1 saturated heterocycles. The number of likely N-dealkylation sites (tertiary alicyclic amines) is 1. The predicted octanol–water partition coefficient (Wildman–Crippen LogP) is 2.73. The number of thiophene rings is 1. The second kappa shape index (κ2) is 7.56. The van der Waals surface area contributed by atoms with E-state index in [4.69, 9.17) is 5.11 Å². The van der Waals surface area contributed by atoms with Gasteiger partial charge in [0.15, 0.2) is 0 Å². The van der Waals surface area contributed by atoms with E-state index in [9.17, 15) is 19.6 Å². The summed E-state index contributed by atoms with van der Waals surface area (Å²) in [6.07, 6.45) is -0.230. The van der Waals surface area contributed by atoms with Gasteiger partial charge in [-0.2, -0.15) is 5.26 Å². The van der Waals surface area contributed by atoms with E-state index in [1.165, 1.54) is 25.4 Å². The van der Waals surface area contributed by atoms with Gasteiger partial charge in [-0.25, -0.2) is 9.59 Å². The van der Waals surface area contributed by atoms with Crippen molar-refractivity contribution in [3.63, 3.8) is 0 Å². The van der Waals surface area contributed by atoms with E-state index >= 15 is 0 Å². The monoisotopic (exact) mass is 410 g/mol. The second-order valence-corrected chi connectivity index (χ2v) is 7.95. The lowest BCUT2D eigenvalue weighted by Gasteiger charge is -2.30. The molecule has 3 aromatic rings. The lowest BCUT2D eigenvalue weighted by molar-refractivity contribution is 0.124. The van der Waals surface area contributed by atoms with Crippen molar-refractivity contribution < 1.29 is 9.90 Å². The van der Waals surface area contributed by atoms with Gasteiger partial charge in [0.05, 0.1) is 11.6 Å². The van der Waals surface area contributed by atoms with Crippen molar-refractivity contribution in [2.45, 2.75) is 25.4 Å². The Morgan fingerprint density at radius 2 is 1.90 bits per heavy atom. The number of piperidine rings is 1. The van der Waals surface area contributed by atoms with Crippen molar-refractivity contribution in [2.75, 3.05) is 13.1 Å². The van der Waals surface area contributed by atoms with Crippen LogP contribution in [0.15, 0.2) is 46.0 Å². The molecule has 1 aliphatic heterocycles. The van der Waals surface area contributed by atoms with E-state index in [0.717, 1.165) is 10.4 Å². The van der Waals surface area contributed by atoms with Gasteiger partial charge in [0.25, 0.3) is 5.56 Å². The van der Waals surface area contributed by atoms with E-state index in [1.54, 1.807) is 6.07 Å². The third-order valence-electron chi connectivity index (χ3n) is 5.24. The quantitative estimate of drug-likeness (QED) is 0.714. The Morgan fingerprint density at radius 3 is 2.52 bits per heavy atom. The van der Waals surface area contributed by atoms with Gasteiger partial charge in [-0.05, 0) is 24.5 Å². The normalized spacial score (nSPS) is 14.8. The zero-order valence-corrected chi connectivity index (χ0v) is 16.3. The molecule has 1 amide bonds. The molecule has 8 nitrogen and oxygen atoms in total. The Labute approximate surface area is 169 Å². The molecule has 0 atom stereocenters. The van der Waals surface area contributed by atoms with Gasteiger partial charge in [-0.15, -0.1) is 11.3 Å². The standard InChI is InChI=1S/C20H18N4O4S/c21-8-11-23-15-12-16(13-4-2-1-3-5-13)29-17(15)18(25)24(19(23)26)14-6-9-22(10-7-14)20(27)28/h1-5,12,14H,6-7,9-11H2,(H,27,28). The third kappa shape index (κ3) is 3.32. The van der Waals surface area contributed by atoms with Crippen LogP contribution in [0, 0.1) is 11.3 Å². The lowest BCUT2D eigenvalue weighted by atomic mass is 10.1. The lowest BCUT2D eigenvalue weighted by Crippen LogP contribution is -2.46. The summed E-state index contributed by atoms with van der Waals surface area (Å²) in [7, 11) is 0. The number of hydrogen-bond acceptors (Lipinski definition) is 5. The maximum Gasteiger partial charge on any atom is 0.407 e. The van der Waals surface area contributed by atoms with Crippen molar-refractivity contribution >= 4 is 27.6 Å². The molecule has 9 heteroatoms. The maximum atomic E-state index is 13.2. The average Bonchev–Trinajstić information content (AvgIpc) is 3.18. The van der Waals surface area contributed by atoms with Gasteiger partial charge in [0.1, 0.15) is 11.2 Å². The number of nitrogens with zero attached hydrogens (tertiary/aromatic N) is 4. The molecule has 0 radical (unpaired) electrons. The Bertz CT molecular complexity index is 1230. The molecule has 2 aromatic heterocycles. The first kappa shape index (κ1) is 19.0. The van der Waals surface area contributed by atoms with E-state index < -0.39 is 11.8 Å². The number of amides is 1. The van der Waals surface area contributed by atoms with Crippen molar-refractivity contribution in [1.82, 2.24) is 14.0 Å². The number of rotatable bonds is 3. The third-order valence-corrected chi connectivity index (χ3v) is 6.40. The molecule has 0 unspecified atom stereocenters. The van der Waals surface area contributed by atoms with Crippen LogP contribution in [0.5, 0.6) is 0 Å². The molecular weight excluding hydrogens is 392 g/mol. The molecule has 0 saturated carbocycles. The topological polar surface area (TPSA) is 108 Å². The summed E-state index contributed by atoms with van der Waals surface area (Å²) in [5, 5.41) is 18.4. The van der Waals surface area contributed by atoms with Crippen LogP contribution in [0.25, 0.3) is 20.7 Å². The summed E-state index contributed by atoms with van der Waals surface area (Å²) >= 11 is 1.30. The number of fused-ring (bicyclic) bond motifs is 1. The summed E-state index contributed by atoms with van der Waals surface area (Å²) in [5.74, 6) is 0. The van der Waals surface area contributed by atoms with Gasteiger partial charge >= 0.3 is 11.8 Å². The highest BCUT2D eigenvalue weighted by Gasteiger charge is 2.27. The number of carboxylic acid groups (broad SMARTS) is 1. The van der Waals surface area contributed by atoms with Crippen LogP contribution >= 0.6 is 11.3 Å². The molecule has 1 aromatic carbocycles. The highest BCUT2D eigenvalue weighted by atomic mass is 32.1. The van der Waals surface area contributed by atoms with Gasteiger partial charge in [-0.3, -0.25) is 13.9 Å². The molecule has 1 N–H and O–H groups in total. The van der Waals surface area contributed by atoms with E-state index in [1.807, 2.05) is 36.4 Å². The number of nitriles is 1. The highest BCUT2D eigenvalue weighted by Crippen LogP contribution is 2.31. The molecule has 3 heterocycles. The zero-order valence-electron chi connectivity index (χ0n) is 15.4. The summed E-state index contributed by atoms with van der Waals surface area (Å²) in [6, 6.07) is 13.0. The van der Waals surface area contributed by atoms with Crippen LogP contribution < -0.4 is 11.2 Å². The number of carbonyl (C=O) groups is 1. The van der Waals surface area contributed by atoms with Crippen molar-refractivity contribution in [3.8, 4) is 16.5 Å². The van der Waals surface area contributed by atoms with Gasteiger partial charge in [0.2, 0.25) is 0 Å². The second-order valence-electron chi connectivity index (χ2n) is 6.89. The Morgan fingerprint density at radius 1 is 1.21 bits per heavy atom. The van der Waals surface area contributed by atoms with Crippen LogP contribution in [0.1, 0.15) is 18.9 Å². The smallest absolute Gasteiger partial charge is 0.407 e. The predicted molar refractivity (Wildman–Crippen MR) is 109 cm³/mol. The first-order chi connectivity index (χ1) is 14.0. The van der Waals surface area contributed by atoms with Crippen LogP contribution in [0.4, 0.5) is 4.79 Å². The molecule has 29 heavy (non-hydrogen) atoms. The van der Waals surface area contributed by atoms with Gasteiger partial charge in [-0.1, -0.05) is 30.3 Å². The molecule has 4 rings (SSSR count). The summed E-state index contributed by atoms with van der Waals surface area (Å²) in [5.41, 5.74) is 0.505. The van der Waals surface area contributed by atoms with Crippen LogP contribution in [-0.4, -0.2) is 38.3 Å². The first-order valence-corrected chi connectivity index (χ1v) is 10.0. The minimum atomic E-state index is -1.00. The summed E-state index contributed by atoms with van der Waals surface area (Å²) < 4.78 is 2.98. The molecule has 0 aliphatic carbocycles. The van der Waals surface area contributed by atoms with Crippen LogP contribution in [0.3, 0.4) is 0 Å². The number of aromatic nitrogens is 2. The van der Waals surface area contributed by atoms with Crippen molar-refractivity contribution in [1.29, 1.82) is 5.26 Å². The molecule has 0 bridgehead atoms. The fourth-order valence-corrected chi connectivity index (χ4v) is 4.87. The molecule has 1 aliphatic rings. The van der Waals surface area contributed by atoms with Gasteiger partial charge in [0, 0.05) is 24.0 Å². The Hall–Kier alpha value is -3.38. The van der Waals surface area contributed by atoms with Crippen LogP contribution in [0.2, 0.25) is 0 Å². The largest absolute Gasteiger partial charge is 0.465 e. The SMILES string of the molecule is N#CCn1c(=O)n(C2CCN(C(=O)O)CC2)c(=O)c2sc(-c3ccccc3)cc21. The Kier molecular flexibility index (Phi) is 4.94. The van der Waals surface area contributed by atoms with E-state index in [-0.39, 0.29) is 31.2 Å². The zero-order chi connectivity index (χ0) is 20.5. The molecule has 1 fully saturated rings. The first-order valence-electron chi connectivity index (χ1n) is 9.20. The molecule has 0 spiro atoms. The minimum Gasteiger partial charge on any atom is -0.465 e. The highest BCUT2D eigenvalue weighted by molar-refractivity contribution is 7.22. The van der Waals surface area contributed by atoms with Crippen LogP contribution in [-0.2, 0) is 6.54 Å². The number of benzene rings is 1.